The third-order valence-electron chi connectivity index (χ3n) is 1.99. The highest BCUT2D eigenvalue weighted by Gasteiger charge is 2.05. The average molecular weight is 330 g/mol. The van der Waals surface area contributed by atoms with Gasteiger partial charge in [-0.2, -0.15) is 5.26 Å². The van der Waals surface area contributed by atoms with Crippen molar-refractivity contribution in [1.29, 1.82) is 5.26 Å². The number of halogens is 2. The number of allylic oxidation sites excluding steroid dienone is 1. The van der Waals surface area contributed by atoms with Crippen LogP contribution in [0, 0.1) is 11.3 Å². The zero-order valence-electron chi connectivity index (χ0n) is 8.22. The van der Waals surface area contributed by atoms with Gasteiger partial charge in [0.1, 0.15) is 0 Å². The van der Waals surface area contributed by atoms with E-state index in [2.05, 4.69) is 37.9 Å². The molecule has 0 bridgehead atoms. The second kappa shape index (κ2) is 5.34. The minimum atomic E-state index is 0.544. The standard InChI is InChI=1S/C11H10Br2N2/c1-2-7(6-14)11(15)8-3-9(12)5-10(13)4-8/h3-5H,2,15H2,1H3/b11-7-. The minimum Gasteiger partial charge on any atom is -0.397 e. The monoisotopic (exact) mass is 328 g/mol. The molecule has 0 amide bonds. The van der Waals surface area contributed by atoms with Crippen molar-refractivity contribution in [3.05, 3.63) is 38.3 Å². The molecule has 0 radical (unpaired) electrons. The number of rotatable bonds is 2. The Bertz CT molecular complexity index is 424. The fourth-order valence-corrected chi connectivity index (χ4v) is 2.51. The van der Waals surface area contributed by atoms with Gasteiger partial charge in [0.05, 0.1) is 17.3 Å². The molecule has 0 aromatic heterocycles. The van der Waals surface area contributed by atoms with E-state index in [1.165, 1.54) is 0 Å². The van der Waals surface area contributed by atoms with Crippen LogP contribution in [0.5, 0.6) is 0 Å². The molecule has 78 valence electrons. The highest BCUT2D eigenvalue weighted by atomic mass is 79.9. The Labute approximate surface area is 106 Å². The molecule has 0 atom stereocenters. The predicted molar refractivity (Wildman–Crippen MR) is 68.9 cm³/mol. The van der Waals surface area contributed by atoms with Crippen molar-refractivity contribution < 1.29 is 0 Å². The summed E-state index contributed by atoms with van der Waals surface area (Å²) in [5.74, 6) is 0. The van der Waals surface area contributed by atoms with Gasteiger partial charge in [0, 0.05) is 14.5 Å². The van der Waals surface area contributed by atoms with Crippen molar-refractivity contribution in [3.8, 4) is 6.07 Å². The Kier molecular flexibility index (Phi) is 4.37. The van der Waals surface area contributed by atoms with E-state index in [9.17, 15) is 0 Å². The molecule has 2 nitrogen and oxygen atoms in total. The fourth-order valence-electron chi connectivity index (χ4n) is 1.21. The molecule has 15 heavy (non-hydrogen) atoms. The first-order valence-electron chi connectivity index (χ1n) is 4.43. The largest absolute Gasteiger partial charge is 0.397 e. The molecule has 0 saturated heterocycles. The van der Waals surface area contributed by atoms with Crippen LogP contribution >= 0.6 is 31.9 Å². The molecule has 2 N–H and O–H groups in total. The summed E-state index contributed by atoms with van der Waals surface area (Å²) >= 11 is 6.77. The van der Waals surface area contributed by atoms with E-state index in [0.29, 0.717) is 17.7 Å². The minimum absolute atomic E-state index is 0.544. The first-order valence-corrected chi connectivity index (χ1v) is 6.02. The average Bonchev–Trinajstić information content (AvgIpc) is 2.18. The van der Waals surface area contributed by atoms with Crippen LogP contribution in [0.1, 0.15) is 18.9 Å². The third kappa shape index (κ3) is 3.08. The molecular weight excluding hydrogens is 320 g/mol. The molecular formula is C11H10Br2N2. The van der Waals surface area contributed by atoms with Crippen LogP contribution in [-0.4, -0.2) is 0 Å². The van der Waals surface area contributed by atoms with Gasteiger partial charge in [-0.1, -0.05) is 38.8 Å². The summed E-state index contributed by atoms with van der Waals surface area (Å²) in [4.78, 5) is 0. The van der Waals surface area contributed by atoms with E-state index in [4.69, 9.17) is 11.0 Å². The number of hydrogen-bond donors (Lipinski definition) is 1. The van der Waals surface area contributed by atoms with Crippen LogP contribution in [0.25, 0.3) is 5.70 Å². The van der Waals surface area contributed by atoms with Crippen LogP contribution in [0.2, 0.25) is 0 Å². The summed E-state index contributed by atoms with van der Waals surface area (Å²) in [7, 11) is 0. The van der Waals surface area contributed by atoms with Gasteiger partial charge in [-0.25, -0.2) is 0 Å². The van der Waals surface area contributed by atoms with E-state index >= 15 is 0 Å². The molecule has 4 heteroatoms. The van der Waals surface area contributed by atoms with Crippen molar-refractivity contribution in [3.63, 3.8) is 0 Å². The smallest absolute Gasteiger partial charge is 0.0968 e. The topological polar surface area (TPSA) is 49.8 Å². The van der Waals surface area contributed by atoms with Gasteiger partial charge in [0.15, 0.2) is 0 Å². The highest BCUT2D eigenvalue weighted by Crippen LogP contribution is 2.24. The lowest BCUT2D eigenvalue weighted by molar-refractivity contribution is 1.14. The zero-order chi connectivity index (χ0) is 11.4. The summed E-state index contributed by atoms with van der Waals surface area (Å²) in [6.07, 6.45) is 0.645. The van der Waals surface area contributed by atoms with Crippen LogP contribution in [0.3, 0.4) is 0 Å². The van der Waals surface area contributed by atoms with Gasteiger partial charge in [-0.05, 0) is 24.6 Å². The van der Waals surface area contributed by atoms with Gasteiger partial charge in [-0.3, -0.25) is 0 Å². The van der Waals surface area contributed by atoms with Crippen LogP contribution in [-0.2, 0) is 0 Å². The van der Waals surface area contributed by atoms with E-state index in [-0.39, 0.29) is 0 Å². The van der Waals surface area contributed by atoms with Crippen LogP contribution in [0.4, 0.5) is 0 Å². The van der Waals surface area contributed by atoms with E-state index < -0.39 is 0 Å². The van der Waals surface area contributed by atoms with Crippen molar-refractivity contribution >= 4 is 37.6 Å². The first kappa shape index (κ1) is 12.3. The quantitative estimate of drug-likeness (QED) is 0.838. The summed E-state index contributed by atoms with van der Waals surface area (Å²) in [6, 6.07) is 7.83. The van der Waals surface area contributed by atoms with Crippen molar-refractivity contribution in [2.45, 2.75) is 13.3 Å². The normalized spacial score (nSPS) is 11.9. The summed E-state index contributed by atoms with van der Waals surface area (Å²) in [6.45, 7) is 1.92. The fraction of sp³-hybridized carbons (Fsp3) is 0.182. The number of benzene rings is 1. The molecule has 0 fully saturated rings. The lowest BCUT2D eigenvalue weighted by atomic mass is 10.1. The van der Waals surface area contributed by atoms with E-state index in [0.717, 1.165) is 14.5 Å². The molecule has 0 unspecified atom stereocenters. The van der Waals surface area contributed by atoms with Crippen molar-refractivity contribution in [2.75, 3.05) is 0 Å². The molecule has 0 saturated carbocycles. The van der Waals surface area contributed by atoms with Crippen molar-refractivity contribution in [1.82, 2.24) is 0 Å². The maximum atomic E-state index is 8.89. The molecule has 0 heterocycles. The Hall–Kier alpha value is -0.790. The Morgan fingerprint density at radius 2 is 1.87 bits per heavy atom. The first-order chi connectivity index (χ1) is 7.08. The van der Waals surface area contributed by atoms with Gasteiger partial charge in [0.2, 0.25) is 0 Å². The third-order valence-corrected chi connectivity index (χ3v) is 2.90. The molecule has 1 aromatic rings. The molecule has 0 spiro atoms. The Morgan fingerprint density at radius 3 is 2.27 bits per heavy atom. The number of nitriles is 1. The van der Waals surface area contributed by atoms with Gasteiger partial charge in [-0.15, -0.1) is 0 Å². The number of nitrogens with zero attached hydrogens (tertiary/aromatic N) is 1. The Morgan fingerprint density at radius 1 is 1.33 bits per heavy atom. The lowest BCUT2D eigenvalue weighted by Gasteiger charge is -2.05. The predicted octanol–water partition coefficient (Wildman–Crippen LogP) is 3.81. The molecule has 0 aliphatic heterocycles. The van der Waals surface area contributed by atoms with E-state index in [1.54, 1.807) is 0 Å². The molecule has 0 aliphatic carbocycles. The molecule has 1 rings (SSSR count). The Balaban J connectivity index is 3.28. The van der Waals surface area contributed by atoms with Crippen LogP contribution in [0.15, 0.2) is 32.7 Å². The van der Waals surface area contributed by atoms with Gasteiger partial charge < -0.3 is 5.73 Å². The number of hydrogen-bond acceptors (Lipinski definition) is 2. The maximum Gasteiger partial charge on any atom is 0.0968 e. The zero-order valence-corrected chi connectivity index (χ0v) is 11.4. The SMILES string of the molecule is CC/C(C#N)=C(/N)c1cc(Br)cc(Br)c1. The van der Waals surface area contributed by atoms with Crippen LogP contribution < -0.4 is 5.73 Å². The summed E-state index contributed by atoms with van der Waals surface area (Å²) in [5, 5.41) is 8.89. The molecule has 0 aliphatic rings. The second-order valence-electron chi connectivity index (χ2n) is 3.02. The summed E-state index contributed by atoms with van der Waals surface area (Å²) in [5.41, 5.74) is 7.92. The second-order valence-corrected chi connectivity index (χ2v) is 4.85. The highest BCUT2D eigenvalue weighted by molar-refractivity contribution is 9.11. The van der Waals surface area contributed by atoms with Gasteiger partial charge in [0.25, 0.3) is 0 Å². The maximum absolute atomic E-state index is 8.89. The number of nitrogens with two attached hydrogens (primary N) is 1. The van der Waals surface area contributed by atoms with E-state index in [1.807, 2.05) is 25.1 Å². The lowest BCUT2D eigenvalue weighted by Crippen LogP contribution is -2.00. The van der Waals surface area contributed by atoms with Crippen molar-refractivity contribution in [2.24, 2.45) is 5.73 Å². The molecule has 1 aromatic carbocycles. The summed E-state index contributed by atoms with van der Waals surface area (Å²) < 4.78 is 1.87. The van der Waals surface area contributed by atoms with Gasteiger partial charge >= 0.3 is 0 Å².